The van der Waals surface area contributed by atoms with Crippen LogP contribution in [0.2, 0.25) is 5.02 Å². The number of halogens is 1. The Balaban J connectivity index is 1.81. The SMILES string of the molecule is CCNc1ncc(C(=O)NCCN2CCSCC2)cc1Cl. The van der Waals surface area contributed by atoms with Crippen LogP contribution in [0, 0.1) is 0 Å². The summed E-state index contributed by atoms with van der Waals surface area (Å²) in [6, 6.07) is 1.65. The monoisotopic (exact) mass is 328 g/mol. The van der Waals surface area contributed by atoms with Crippen molar-refractivity contribution < 1.29 is 4.79 Å². The Kier molecular flexibility index (Phi) is 6.60. The molecule has 1 aliphatic rings. The number of nitrogens with one attached hydrogen (secondary N) is 2. The maximum absolute atomic E-state index is 12.1. The maximum atomic E-state index is 12.1. The average Bonchev–Trinajstić information content (AvgIpc) is 2.50. The van der Waals surface area contributed by atoms with Crippen molar-refractivity contribution in [3.05, 3.63) is 22.8 Å². The zero-order valence-electron chi connectivity index (χ0n) is 12.2. The lowest BCUT2D eigenvalue weighted by Gasteiger charge is -2.25. The summed E-state index contributed by atoms with van der Waals surface area (Å²) >= 11 is 8.08. The first-order valence-electron chi connectivity index (χ1n) is 7.18. The van der Waals surface area contributed by atoms with Gasteiger partial charge in [-0.1, -0.05) is 11.6 Å². The lowest BCUT2D eigenvalue weighted by molar-refractivity contribution is 0.0948. The summed E-state index contributed by atoms with van der Waals surface area (Å²) in [5, 5.41) is 6.43. The predicted molar refractivity (Wildman–Crippen MR) is 89.5 cm³/mol. The first-order chi connectivity index (χ1) is 10.2. The van der Waals surface area contributed by atoms with Crippen LogP contribution in [-0.2, 0) is 0 Å². The highest BCUT2D eigenvalue weighted by Gasteiger charge is 2.12. The number of rotatable bonds is 6. The Morgan fingerprint density at radius 2 is 2.24 bits per heavy atom. The highest BCUT2D eigenvalue weighted by molar-refractivity contribution is 7.99. The number of anilines is 1. The highest BCUT2D eigenvalue weighted by Crippen LogP contribution is 2.19. The number of aromatic nitrogens is 1. The van der Waals surface area contributed by atoms with Gasteiger partial charge in [-0.15, -0.1) is 0 Å². The molecule has 1 aliphatic heterocycles. The average molecular weight is 329 g/mol. The van der Waals surface area contributed by atoms with Gasteiger partial charge in [-0.25, -0.2) is 4.98 Å². The molecule has 1 amide bonds. The molecule has 1 fully saturated rings. The summed E-state index contributed by atoms with van der Waals surface area (Å²) in [6.07, 6.45) is 1.55. The van der Waals surface area contributed by atoms with Crippen LogP contribution in [0.25, 0.3) is 0 Å². The number of hydrogen-bond donors (Lipinski definition) is 2. The molecular weight excluding hydrogens is 308 g/mol. The van der Waals surface area contributed by atoms with Crippen molar-refractivity contribution >= 4 is 35.1 Å². The molecule has 0 aromatic carbocycles. The van der Waals surface area contributed by atoms with Crippen molar-refractivity contribution in [2.24, 2.45) is 0 Å². The van der Waals surface area contributed by atoms with Crippen molar-refractivity contribution in [3.63, 3.8) is 0 Å². The van der Waals surface area contributed by atoms with Gasteiger partial charge in [0.25, 0.3) is 5.91 Å². The molecule has 1 aromatic rings. The number of carbonyl (C=O) groups excluding carboxylic acids is 1. The predicted octanol–water partition coefficient (Wildman–Crippen LogP) is 1.95. The Hall–Kier alpha value is -0.980. The van der Waals surface area contributed by atoms with E-state index in [9.17, 15) is 4.79 Å². The van der Waals surface area contributed by atoms with E-state index in [-0.39, 0.29) is 5.91 Å². The van der Waals surface area contributed by atoms with Crippen LogP contribution in [0.15, 0.2) is 12.3 Å². The minimum atomic E-state index is -0.126. The molecule has 116 valence electrons. The quantitative estimate of drug-likeness (QED) is 0.836. The second-order valence-corrected chi connectivity index (χ2v) is 6.43. The van der Waals surface area contributed by atoms with Crippen molar-refractivity contribution in [1.29, 1.82) is 0 Å². The minimum Gasteiger partial charge on any atom is -0.369 e. The van der Waals surface area contributed by atoms with Crippen LogP contribution in [0.1, 0.15) is 17.3 Å². The van der Waals surface area contributed by atoms with Gasteiger partial charge in [0.1, 0.15) is 5.82 Å². The minimum absolute atomic E-state index is 0.126. The molecule has 5 nitrogen and oxygen atoms in total. The molecule has 2 N–H and O–H groups in total. The molecule has 0 saturated carbocycles. The van der Waals surface area contributed by atoms with Gasteiger partial charge in [0, 0.05) is 50.4 Å². The van der Waals surface area contributed by atoms with Crippen LogP contribution >= 0.6 is 23.4 Å². The number of amides is 1. The molecular formula is C14H21ClN4OS. The van der Waals surface area contributed by atoms with E-state index in [1.807, 2.05) is 18.7 Å². The lowest BCUT2D eigenvalue weighted by atomic mass is 10.2. The molecule has 21 heavy (non-hydrogen) atoms. The van der Waals surface area contributed by atoms with E-state index in [1.54, 1.807) is 12.3 Å². The third kappa shape index (κ3) is 5.05. The van der Waals surface area contributed by atoms with E-state index in [1.165, 1.54) is 11.5 Å². The molecule has 7 heteroatoms. The molecule has 0 bridgehead atoms. The molecule has 0 aliphatic carbocycles. The van der Waals surface area contributed by atoms with Crippen LogP contribution in [0.3, 0.4) is 0 Å². The summed E-state index contributed by atoms with van der Waals surface area (Å²) < 4.78 is 0. The van der Waals surface area contributed by atoms with Gasteiger partial charge in [0.15, 0.2) is 0 Å². The summed E-state index contributed by atoms with van der Waals surface area (Å²) in [5.41, 5.74) is 0.496. The van der Waals surface area contributed by atoms with Crippen LogP contribution in [0.4, 0.5) is 5.82 Å². The molecule has 2 rings (SSSR count). The molecule has 0 spiro atoms. The second-order valence-electron chi connectivity index (χ2n) is 4.79. The summed E-state index contributed by atoms with van der Waals surface area (Å²) in [5.74, 6) is 2.85. The van der Waals surface area contributed by atoms with Gasteiger partial charge in [0.05, 0.1) is 10.6 Å². The summed E-state index contributed by atoms with van der Waals surface area (Å²) in [7, 11) is 0. The Morgan fingerprint density at radius 1 is 1.48 bits per heavy atom. The van der Waals surface area contributed by atoms with E-state index in [0.29, 0.717) is 22.9 Å². The fourth-order valence-corrected chi connectivity index (χ4v) is 3.33. The van der Waals surface area contributed by atoms with E-state index in [0.717, 1.165) is 26.2 Å². The Labute approximate surface area is 134 Å². The highest BCUT2D eigenvalue weighted by atomic mass is 35.5. The van der Waals surface area contributed by atoms with E-state index in [2.05, 4.69) is 20.5 Å². The standard InChI is InChI=1S/C14H21ClN4OS/c1-2-16-13-12(15)9-11(10-18-13)14(20)17-3-4-19-5-7-21-8-6-19/h9-10H,2-8H2,1H3,(H,16,18)(H,17,20). The van der Waals surface area contributed by atoms with Crippen molar-refractivity contribution in [3.8, 4) is 0 Å². The van der Waals surface area contributed by atoms with Gasteiger partial charge in [-0.2, -0.15) is 11.8 Å². The molecule has 0 radical (unpaired) electrons. The third-order valence-corrected chi connectivity index (χ3v) is 4.50. The fraction of sp³-hybridized carbons (Fsp3) is 0.571. The van der Waals surface area contributed by atoms with Crippen LogP contribution in [0.5, 0.6) is 0 Å². The van der Waals surface area contributed by atoms with Gasteiger partial charge in [0.2, 0.25) is 0 Å². The topological polar surface area (TPSA) is 57.3 Å². The molecule has 0 atom stereocenters. The zero-order chi connectivity index (χ0) is 15.1. The smallest absolute Gasteiger partial charge is 0.252 e. The van der Waals surface area contributed by atoms with E-state index in [4.69, 9.17) is 11.6 Å². The summed E-state index contributed by atoms with van der Waals surface area (Å²) in [6.45, 7) is 6.46. The van der Waals surface area contributed by atoms with Gasteiger partial charge < -0.3 is 10.6 Å². The van der Waals surface area contributed by atoms with Crippen molar-refractivity contribution in [1.82, 2.24) is 15.2 Å². The molecule has 2 heterocycles. The van der Waals surface area contributed by atoms with Crippen molar-refractivity contribution in [2.75, 3.05) is 49.5 Å². The fourth-order valence-electron chi connectivity index (χ4n) is 2.11. The first kappa shape index (κ1) is 16.4. The van der Waals surface area contributed by atoms with Crippen LogP contribution in [-0.4, -0.2) is 60.0 Å². The number of hydrogen-bond acceptors (Lipinski definition) is 5. The molecule has 1 saturated heterocycles. The Morgan fingerprint density at radius 3 is 2.90 bits per heavy atom. The van der Waals surface area contributed by atoms with E-state index >= 15 is 0 Å². The summed E-state index contributed by atoms with van der Waals surface area (Å²) in [4.78, 5) is 18.6. The van der Waals surface area contributed by atoms with Crippen molar-refractivity contribution in [2.45, 2.75) is 6.92 Å². The molecule has 0 unspecified atom stereocenters. The van der Waals surface area contributed by atoms with Crippen LogP contribution < -0.4 is 10.6 Å². The number of nitrogens with zero attached hydrogens (tertiary/aromatic N) is 2. The number of thioether (sulfide) groups is 1. The molecule has 1 aromatic heterocycles. The zero-order valence-corrected chi connectivity index (χ0v) is 13.8. The van der Waals surface area contributed by atoms with Gasteiger partial charge in [-0.3, -0.25) is 9.69 Å². The lowest BCUT2D eigenvalue weighted by Crippen LogP contribution is -2.39. The Bertz CT molecular complexity index is 480. The first-order valence-corrected chi connectivity index (χ1v) is 8.71. The number of pyridine rings is 1. The second kappa shape index (κ2) is 8.46. The largest absolute Gasteiger partial charge is 0.369 e. The van der Waals surface area contributed by atoms with Gasteiger partial charge in [-0.05, 0) is 13.0 Å². The third-order valence-electron chi connectivity index (χ3n) is 3.26. The maximum Gasteiger partial charge on any atom is 0.252 e. The van der Waals surface area contributed by atoms with E-state index < -0.39 is 0 Å². The number of carbonyl (C=O) groups is 1. The normalized spacial score (nSPS) is 15.7. The van der Waals surface area contributed by atoms with Gasteiger partial charge >= 0.3 is 0 Å².